The first-order valence-corrected chi connectivity index (χ1v) is 6.86. The Hall–Kier alpha value is -0.790. The van der Waals surface area contributed by atoms with Crippen LogP contribution in [0.2, 0.25) is 5.02 Å². The van der Waals surface area contributed by atoms with Crippen molar-refractivity contribution >= 4 is 11.6 Å². The molecule has 0 saturated carbocycles. The highest BCUT2D eigenvalue weighted by atomic mass is 35.5. The summed E-state index contributed by atoms with van der Waals surface area (Å²) in [7, 11) is 0. The third-order valence-electron chi connectivity index (χ3n) is 3.21. The molecule has 1 aromatic rings. The van der Waals surface area contributed by atoms with Gasteiger partial charge in [0.1, 0.15) is 0 Å². The van der Waals surface area contributed by atoms with Gasteiger partial charge in [-0.1, -0.05) is 50.6 Å². The van der Waals surface area contributed by atoms with Crippen molar-refractivity contribution in [2.45, 2.75) is 40.2 Å². The van der Waals surface area contributed by atoms with E-state index in [0.29, 0.717) is 6.04 Å². The summed E-state index contributed by atoms with van der Waals surface area (Å²) >= 11 is 6.30. The molecule has 0 aliphatic heterocycles. The van der Waals surface area contributed by atoms with Crippen LogP contribution in [0.25, 0.3) is 0 Å². The molecule has 0 radical (unpaired) electrons. The molecule has 1 aromatic carbocycles. The second kappa shape index (κ2) is 6.40. The van der Waals surface area contributed by atoms with Gasteiger partial charge < -0.3 is 5.32 Å². The lowest BCUT2D eigenvalue weighted by atomic mass is 9.83. The number of aryl methyl sites for hydroxylation is 1. The molecule has 1 rings (SSSR count). The highest BCUT2D eigenvalue weighted by Gasteiger charge is 2.22. The molecule has 0 saturated heterocycles. The normalized spacial score (nSPS) is 14.6. The number of nitrogens with one attached hydrogen (secondary N) is 1. The quantitative estimate of drug-likeness (QED) is 0.753. The van der Waals surface area contributed by atoms with Crippen LogP contribution < -0.4 is 5.32 Å². The molecular weight excluding hydrogens is 242 g/mol. The molecule has 0 aromatic heterocycles. The lowest BCUT2D eigenvalue weighted by Crippen LogP contribution is -2.35. The maximum Gasteiger partial charge on any atom is 0.0440 e. The molecule has 0 amide bonds. The summed E-state index contributed by atoms with van der Waals surface area (Å²) in [4.78, 5) is 0. The zero-order chi connectivity index (χ0) is 13.8. The van der Waals surface area contributed by atoms with E-state index in [4.69, 9.17) is 11.6 Å². The fourth-order valence-electron chi connectivity index (χ4n) is 1.87. The van der Waals surface area contributed by atoms with E-state index in [1.165, 1.54) is 11.1 Å². The largest absolute Gasteiger partial charge is 0.314 e. The predicted octanol–water partition coefficient (Wildman–Crippen LogP) is 4.38. The molecule has 18 heavy (non-hydrogen) atoms. The Morgan fingerprint density at radius 2 is 2.11 bits per heavy atom. The second-order valence-electron chi connectivity index (χ2n) is 5.67. The van der Waals surface area contributed by atoms with Gasteiger partial charge in [0.25, 0.3) is 0 Å². The van der Waals surface area contributed by atoms with Crippen molar-refractivity contribution in [2.75, 3.05) is 6.54 Å². The summed E-state index contributed by atoms with van der Waals surface area (Å²) in [5.74, 6) is 0. The zero-order valence-corrected chi connectivity index (χ0v) is 12.6. The molecule has 1 unspecified atom stereocenters. The standard InChI is InChI=1S/C16H24ClN/c1-6-16(5,11-18-12(2)3)10-14-8-7-13(4)9-15(14)17/h6-9,12,18H,1,10-11H2,2-5H3. The summed E-state index contributed by atoms with van der Waals surface area (Å²) < 4.78 is 0. The van der Waals surface area contributed by atoms with Gasteiger partial charge in [0, 0.05) is 23.0 Å². The number of hydrogen-bond donors (Lipinski definition) is 1. The third-order valence-corrected chi connectivity index (χ3v) is 3.56. The molecule has 0 bridgehead atoms. The number of rotatable bonds is 6. The third kappa shape index (κ3) is 4.47. The number of benzene rings is 1. The Kier molecular flexibility index (Phi) is 5.43. The van der Waals surface area contributed by atoms with E-state index in [9.17, 15) is 0 Å². The van der Waals surface area contributed by atoms with Crippen molar-refractivity contribution in [3.63, 3.8) is 0 Å². The topological polar surface area (TPSA) is 12.0 Å². The maximum absolute atomic E-state index is 6.30. The van der Waals surface area contributed by atoms with Gasteiger partial charge in [-0.2, -0.15) is 0 Å². The van der Waals surface area contributed by atoms with Gasteiger partial charge in [-0.15, -0.1) is 6.58 Å². The van der Waals surface area contributed by atoms with Crippen LogP contribution in [0.4, 0.5) is 0 Å². The van der Waals surface area contributed by atoms with Crippen molar-refractivity contribution in [1.29, 1.82) is 0 Å². The summed E-state index contributed by atoms with van der Waals surface area (Å²) in [5.41, 5.74) is 2.42. The van der Waals surface area contributed by atoms with Gasteiger partial charge in [-0.3, -0.25) is 0 Å². The molecule has 1 nitrogen and oxygen atoms in total. The summed E-state index contributed by atoms with van der Waals surface area (Å²) in [6.07, 6.45) is 2.94. The highest BCUT2D eigenvalue weighted by molar-refractivity contribution is 6.31. The monoisotopic (exact) mass is 265 g/mol. The van der Waals surface area contributed by atoms with Crippen molar-refractivity contribution in [2.24, 2.45) is 5.41 Å². The van der Waals surface area contributed by atoms with Crippen molar-refractivity contribution in [1.82, 2.24) is 5.32 Å². The van der Waals surface area contributed by atoms with Gasteiger partial charge in [0.15, 0.2) is 0 Å². The highest BCUT2D eigenvalue weighted by Crippen LogP contribution is 2.28. The van der Waals surface area contributed by atoms with Crippen LogP contribution >= 0.6 is 11.6 Å². The van der Waals surface area contributed by atoms with Crippen LogP contribution in [0.15, 0.2) is 30.9 Å². The Balaban J connectivity index is 2.81. The summed E-state index contributed by atoms with van der Waals surface area (Å²) in [6, 6.07) is 6.74. The van der Waals surface area contributed by atoms with E-state index in [0.717, 1.165) is 18.0 Å². The van der Waals surface area contributed by atoms with Gasteiger partial charge >= 0.3 is 0 Å². The minimum Gasteiger partial charge on any atom is -0.314 e. The number of hydrogen-bond acceptors (Lipinski definition) is 1. The Morgan fingerprint density at radius 3 is 2.61 bits per heavy atom. The average molecular weight is 266 g/mol. The van der Waals surface area contributed by atoms with E-state index in [-0.39, 0.29) is 5.41 Å². The molecule has 1 atom stereocenters. The molecule has 1 N–H and O–H groups in total. The fraction of sp³-hybridized carbons (Fsp3) is 0.500. The minimum atomic E-state index is 0.0309. The van der Waals surface area contributed by atoms with E-state index in [1.807, 2.05) is 12.1 Å². The van der Waals surface area contributed by atoms with E-state index in [1.54, 1.807) is 0 Å². The van der Waals surface area contributed by atoms with Crippen molar-refractivity contribution < 1.29 is 0 Å². The zero-order valence-electron chi connectivity index (χ0n) is 11.9. The van der Waals surface area contributed by atoms with Gasteiger partial charge in [0.05, 0.1) is 0 Å². The average Bonchev–Trinajstić information content (AvgIpc) is 2.30. The van der Waals surface area contributed by atoms with Crippen LogP contribution in [0.3, 0.4) is 0 Å². The lowest BCUT2D eigenvalue weighted by Gasteiger charge is -2.28. The van der Waals surface area contributed by atoms with Crippen molar-refractivity contribution in [3.8, 4) is 0 Å². The molecule has 2 heteroatoms. The smallest absolute Gasteiger partial charge is 0.0440 e. The predicted molar refractivity (Wildman–Crippen MR) is 81.3 cm³/mol. The molecule has 100 valence electrons. The lowest BCUT2D eigenvalue weighted by molar-refractivity contribution is 0.373. The van der Waals surface area contributed by atoms with Crippen LogP contribution in [-0.2, 0) is 6.42 Å². The first-order chi connectivity index (χ1) is 8.36. The Morgan fingerprint density at radius 1 is 1.44 bits per heavy atom. The van der Waals surface area contributed by atoms with E-state index in [2.05, 4.69) is 51.7 Å². The Labute approximate surface area is 116 Å². The van der Waals surface area contributed by atoms with Crippen LogP contribution in [0.5, 0.6) is 0 Å². The first kappa shape index (κ1) is 15.3. The minimum absolute atomic E-state index is 0.0309. The molecule has 0 fully saturated rings. The van der Waals surface area contributed by atoms with Gasteiger partial charge in [-0.05, 0) is 30.5 Å². The fourth-order valence-corrected chi connectivity index (χ4v) is 2.18. The first-order valence-electron chi connectivity index (χ1n) is 6.48. The number of halogens is 1. The van der Waals surface area contributed by atoms with Crippen LogP contribution in [-0.4, -0.2) is 12.6 Å². The Bertz CT molecular complexity index is 412. The summed E-state index contributed by atoms with van der Waals surface area (Å²) in [5, 5.41) is 4.33. The van der Waals surface area contributed by atoms with Crippen LogP contribution in [0, 0.1) is 12.3 Å². The van der Waals surface area contributed by atoms with Crippen molar-refractivity contribution in [3.05, 3.63) is 47.0 Å². The van der Waals surface area contributed by atoms with Crippen LogP contribution in [0.1, 0.15) is 31.9 Å². The van der Waals surface area contributed by atoms with Gasteiger partial charge in [0.2, 0.25) is 0 Å². The van der Waals surface area contributed by atoms with E-state index < -0.39 is 0 Å². The molecule has 0 aliphatic rings. The SMILES string of the molecule is C=CC(C)(CNC(C)C)Cc1ccc(C)cc1Cl. The maximum atomic E-state index is 6.30. The summed E-state index contributed by atoms with van der Waals surface area (Å²) in [6.45, 7) is 13.5. The second-order valence-corrected chi connectivity index (χ2v) is 6.07. The molecule has 0 aliphatic carbocycles. The molecule has 0 heterocycles. The molecule has 0 spiro atoms. The molecular formula is C16H24ClN. The van der Waals surface area contributed by atoms with Gasteiger partial charge in [-0.25, -0.2) is 0 Å². The van der Waals surface area contributed by atoms with E-state index >= 15 is 0 Å².